The van der Waals surface area contributed by atoms with Crippen LogP contribution in [0.1, 0.15) is 30.6 Å². The predicted octanol–water partition coefficient (Wildman–Crippen LogP) is 3.05. The van der Waals surface area contributed by atoms with Crippen LogP contribution in [0.2, 0.25) is 0 Å². The highest BCUT2D eigenvalue weighted by molar-refractivity contribution is 14.1. The maximum absolute atomic E-state index is 11.0. The Morgan fingerprint density at radius 2 is 2.12 bits per heavy atom. The average molecular weight is 468 g/mol. The number of carboxylic acid groups (broad SMARTS) is 1. The lowest BCUT2D eigenvalue weighted by atomic mass is 10.1. The summed E-state index contributed by atoms with van der Waals surface area (Å²) >= 11 is 2.22. The van der Waals surface area contributed by atoms with E-state index in [-0.39, 0.29) is 6.54 Å². The normalized spacial score (nSPS) is 13.3. The molecule has 1 amide bonds. The van der Waals surface area contributed by atoms with Gasteiger partial charge in [-0.15, -0.1) is 0 Å². The third kappa shape index (κ3) is 4.05. The molecule has 0 unspecified atom stereocenters. The minimum atomic E-state index is -1.14. The second-order valence-corrected chi connectivity index (χ2v) is 6.94. The fourth-order valence-corrected chi connectivity index (χ4v) is 3.00. The largest absolute Gasteiger partial charge is 0.465 e. The molecule has 2 heterocycles. The number of aliphatic hydroxyl groups is 1. The van der Waals surface area contributed by atoms with E-state index in [4.69, 9.17) is 9.63 Å². The van der Waals surface area contributed by atoms with Gasteiger partial charge < -0.3 is 24.6 Å². The molecule has 3 N–H and O–H groups in total. The zero-order valence-electron chi connectivity index (χ0n) is 13.8. The Balaban J connectivity index is 1.95. The van der Waals surface area contributed by atoms with E-state index in [1.54, 1.807) is 30.0 Å². The molecular weight excluding hydrogens is 451 g/mol. The van der Waals surface area contributed by atoms with Gasteiger partial charge in [-0.05, 0) is 41.6 Å². The first kappa shape index (κ1) is 18.4. The van der Waals surface area contributed by atoms with Crippen LogP contribution in [0.4, 0.5) is 4.79 Å². The molecule has 2 atom stereocenters. The summed E-state index contributed by atoms with van der Waals surface area (Å²) in [7, 11) is 0. The minimum absolute atomic E-state index is 0.0596. The average Bonchev–Trinajstić information content (AvgIpc) is 3.25. The van der Waals surface area contributed by atoms with Crippen LogP contribution in [0.5, 0.6) is 0 Å². The Bertz CT molecular complexity index is 888. The Kier molecular flexibility index (Phi) is 5.57. The summed E-state index contributed by atoms with van der Waals surface area (Å²) in [5, 5.41) is 25.3. The molecule has 9 heteroatoms. The van der Waals surface area contributed by atoms with Crippen molar-refractivity contribution in [3.8, 4) is 11.3 Å². The number of imidazole rings is 1. The standard InChI is InChI=1S/C17H17IN4O4/c1-10(23)16-19-6-7-22(16)14(9-20-17(24)25)13-8-15(26-21-13)11-2-4-12(18)5-3-11/h2-8,10,14,20,23H,9H2,1H3,(H,24,25)/t10-,14+/m0/s1. The van der Waals surface area contributed by atoms with Crippen LogP contribution in [0.25, 0.3) is 11.3 Å². The van der Waals surface area contributed by atoms with Crippen molar-refractivity contribution >= 4 is 28.7 Å². The summed E-state index contributed by atoms with van der Waals surface area (Å²) in [6, 6.07) is 9.04. The molecule has 2 aromatic heterocycles. The summed E-state index contributed by atoms with van der Waals surface area (Å²) < 4.78 is 8.25. The van der Waals surface area contributed by atoms with Crippen molar-refractivity contribution in [2.45, 2.75) is 19.1 Å². The van der Waals surface area contributed by atoms with Gasteiger partial charge in [0.05, 0.1) is 6.04 Å². The third-order valence-electron chi connectivity index (χ3n) is 3.85. The molecule has 3 rings (SSSR count). The predicted molar refractivity (Wildman–Crippen MR) is 102 cm³/mol. The van der Waals surface area contributed by atoms with E-state index in [1.165, 1.54) is 0 Å². The highest BCUT2D eigenvalue weighted by Crippen LogP contribution is 2.27. The lowest BCUT2D eigenvalue weighted by molar-refractivity contribution is 0.180. The van der Waals surface area contributed by atoms with Crippen LogP contribution in [-0.4, -0.2) is 37.6 Å². The Labute approximate surface area is 163 Å². The van der Waals surface area contributed by atoms with Gasteiger partial charge in [-0.3, -0.25) is 0 Å². The molecule has 8 nitrogen and oxygen atoms in total. The Hall–Kier alpha value is -2.40. The number of benzene rings is 1. The lowest BCUT2D eigenvalue weighted by Gasteiger charge is -2.19. The van der Waals surface area contributed by atoms with E-state index < -0.39 is 18.2 Å². The Morgan fingerprint density at radius 1 is 1.38 bits per heavy atom. The molecule has 3 aromatic rings. The van der Waals surface area contributed by atoms with E-state index >= 15 is 0 Å². The summed E-state index contributed by atoms with van der Waals surface area (Å²) in [6.45, 7) is 1.66. The number of rotatable bonds is 6. The van der Waals surface area contributed by atoms with Crippen molar-refractivity contribution < 1.29 is 19.5 Å². The molecule has 0 aliphatic heterocycles. The first-order chi connectivity index (χ1) is 12.5. The first-order valence-corrected chi connectivity index (χ1v) is 8.93. The minimum Gasteiger partial charge on any atom is -0.465 e. The molecule has 0 bridgehead atoms. The van der Waals surface area contributed by atoms with Crippen molar-refractivity contribution in [2.75, 3.05) is 6.54 Å². The molecule has 0 aliphatic carbocycles. The molecule has 136 valence electrons. The van der Waals surface area contributed by atoms with Crippen molar-refractivity contribution in [3.05, 3.63) is 57.8 Å². The molecule has 0 spiro atoms. The summed E-state index contributed by atoms with van der Waals surface area (Å²) in [4.78, 5) is 15.1. The summed E-state index contributed by atoms with van der Waals surface area (Å²) in [6.07, 6.45) is 1.28. The second-order valence-electron chi connectivity index (χ2n) is 5.69. The molecule has 1 aromatic carbocycles. The maximum atomic E-state index is 11.0. The van der Waals surface area contributed by atoms with Crippen molar-refractivity contribution in [1.29, 1.82) is 0 Å². The van der Waals surface area contributed by atoms with E-state index in [9.17, 15) is 9.90 Å². The van der Waals surface area contributed by atoms with E-state index in [0.29, 0.717) is 17.3 Å². The van der Waals surface area contributed by atoms with Crippen molar-refractivity contribution in [3.63, 3.8) is 0 Å². The number of halogens is 1. The van der Waals surface area contributed by atoms with Gasteiger partial charge in [-0.25, -0.2) is 9.78 Å². The monoisotopic (exact) mass is 468 g/mol. The number of amides is 1. The second kappa shape index (κ2) is 7.87. The molecule has 0 saturated carbocycles. The summed E-state index contributed by atoms with van der Waals surface area (Å²) in [5.74, 6) is 0.997. The number of aromatic nitrogens is 3. The van der Waals surface area contributed by atoms with Crippen LogP contribution in [0.3, 0.4) is 0 Å². The van der Waals surface area contributed by atoms with Gasteiger partial charge in [0.15, 0.2) is 5.76 Å². The molecule has 26 heavy (non-hydrogen) atoms. The highest BCUT2D eigenvalue weighted by atomic mass is 127. The van der Waals surface area contributed by atoms with Gasteiger partial charge in [0.1, 0.15) is 17.6 Å². The fourth-order valence-electron chi connectivity index (χ4n) is 2.64. The van der Waals surface area contributed by atoms with Crippen LogP contribution >= 0.6 is 22.6 Å². The number of hydrogen-bond acceptors (Lipinski definition) is 5. The number of carbonyl (C=O) groups is 1. The molecule has 0 aliphatic rings. The van der Waals surface area contributed by atoms with E-state index in [0.717, 1.165) is 9.13 Å². The fraction of sp³-hybridized carbons (Fsp3) is 0.235. The number of aliphatic hydroxyl groups excluding tert-OH is 1. The van der Waals surface area contributed by atoms with Crippen LogP contribution in [-0.2, 0) is 0 Å². The van der Waals surface area contributed by atoms with Crippen molar-refractivity contribution in [2.24, 2.45) is 0 Å². The van der Waals surface area contributed by atoms with Gasteiger partial charge in [0.25, 0.3) is 0 Å². The molecular formula is C17H17IN4O4. The van der Waals surface area contributed by atoms with Crippen LogP contribution in [0.15, 0.2) is 47.2 Å². The zero-order valence-corrected chi connectivity index (χ0v) is 16.0. The van der Waals surface area contributed by atoms with Crippen molar-refractivity contribution in [1.82, 2.24) is 20.0 Å². The highest BCUT2D eigenvalue weighted by Gasteiger charge is 2.23. The quantitative estimate of drug-likeness (QED) is 0.480. The molecule has 0 radical (unpaired) electrons. The van der Waals surface area contributed by atoms with Crippen LogP contribution in [0, 0.1) is 3.57 Å². The van der Waals surface area contributed by atoms with Gasteiger partial charge in [-0.2, -0.15) is 0 Å². The van der Waals surface area contributed by atoms with Gasteiger partial charge in [0.2, 0.25) is 0 Å². The number of nitrogens with zero attached hydrogens (tertiary/aromatic N) is 3. The maximum Gasteiger partial charge on any atom is 0.404 e. The van der Waals surface area contributed by atoms with Gasteiger partial charge >= 0.3 is 6.09 Å². The van der Waals surface area contributed by atoms with Crippen LogP contribution < -0.4 is 5.32 Å². The van der Waals surface area contributed by atoms with E-state index in [1.807, 2.05) is 24.3 Å². The number of nitrogens with one attached hydrogen (secondary N) is 1. The topological polar surface area (TPSA) is 113 Å². The van der Waals surface area contributed by atoms with Gasteiger partial charge in [0, 0.05) is 34.1 Å². The smallest absolute Gasteiger partial charge is 0.404 e. The molecule has 0 fully saturated rings. The van der Waals surface area contributed by atoms with Gasteiger partial charge in [-0.1, -0.05) is 17.3 Å². The Morgan fingerprint density at radius 3 is 2.77 bits per heavy atom. The lowest BCUT2D eigenvalue weighted by Crippen LogP contribution is -2.31. The summed E-state index contributed by atoms with van der Waals surface area (Å²) in [5.41, 5.74) is 1.41. The zero-order chi connectivity index (χ0) is 18.7. The first-order valence-electron chi connectivity index (χ1n) is 7.86. The van der Waals surface area contributed by atoms with E-state index in [2.05, 4.69) is 38.0 Å². The molecule has 0 saturated heterocycles. The third-order valence-corrected chi connectivity index (χ3v) is 4.57. The number of hydrogen-bond donors (Lipinski definition) is 3. The SMILES string of the molecule is C[C@H](O)c1nccn1[C@H](CNC(=O)O)c1cc(-c2ccc(I)cc2)on1.